The van der Waals surface area contributed by atoms with E-state index in [0.717, 1.165) is 6.61 Å². The van der Waals surface area contributed by atoms with Crippen molar-refractivity contribution < 1.29 is 14.3 Å². The number of rotatable bonds is 5. The molecule has 0 bridgehead atoms. The summed E-state index contributed by atoms with van der Waals surface area (Å²) in [6.45, 7) is 6.51. The van der Waals surface area contributed by atoms with Crippen LogP contribution in [-0.4, -0.2) is 31.3 Å². The molecular formula is C8H13NO3. The molecule has 1 aliphatic heterocycles. The van der Waals surface area contributed by atoms with E-state index in [1.54, 1.807) is 6.92 Å². The molecule has 4 heteroatoms. The predicted molar refractivity (Wildman–Crippen MR) is 43.5 cm³/mol. The van der Waals surface area contributed by atoms with Gasteiger partial charge in [0.15, 0.2) is 0 Å². The molecule has 0 aliphatic carbocycles. The molecule has 0 spiro atoms. The Balaban J connectivity index is 2.20. The second-order valence-electron chi connectivity index (χ2n) is 2.82. The van der Waals surface area contributed by atoms with Crippen molar-refractivity contribution in [3.8, 4) is 0 Å². The average molecular weight is 171 g/mol. The molecule has 1 amide bonds. The van der Waals surface area contributed by atoms with Crippen LogP contribution < -0.4 is 5.73 Å². The number of hydrogen-bond acceptors (Lipinski definition) is 3. The topological polar surface area (TPSA) is 64.9 Å². The first kappa shape index (κ1) is 9.22. The second-order valence-corrected chi connectivity index (χ2v) is 2.82. The van der Waals surface area contributed by atoms with Gasteiger partial charge in [-0.1, -0.05) is 6.58 Å². The van der Waals surface area contributed by atoms with E-state index >= 15 is 0 Å². The molecule has 0 radical (unpaired) electrons. The van der Waals surface area contributed by atoms with Crippen LogP contribution in [0.3, 0.4) is 0 Å². The molecule has 0 aromatic heterocycles. The third kappa shape index (κ3) is 2.64. The first-order valence-electron chi connectivity index (χ1n) is 3.83. The van der Waals surface area contributed by atoms with Crippen LogP contribution in [0.5, 0.6) is 0 Å². The Morgan fingerprint density at radius 3 is 2.92 bits per heavy atom. The maximum Gasteiger partial charge on any atom is 0.246 e. The van der Waals surface area contributed by atoms with Gasteiger partial charge in [0.25, 0.3) is 0 Å². The number of epoxide rings is 1. The van der Waals surface area contributed by atoms with Gasteiger partial charge in [-0.05, 0) is 6.92 Å². The largest absolute Gasteiger partial charge is 0.371 e. The zero-order chi connectivity index (χ0) is 9.14. The zero-order valence-corrected chi connectivity index (χ0v) is 7.08. The lowest BCUT2D eigenvalue weighted by Crippen LogP contribution is -2.24. The van der Waals surface area contributed by atoms with E-state index in [4.69, 9.17) is 15.2 Å². The fraction of sp³-hybridized carbons (Fsp3) is 0.625. The van der Waals surface area contributed by atoms with Gasteiger partial charge in [0.05, 0.1) is 19.3 Å². The van der Waals surface area contributed by atoms with Gasteiger partial charge in [0, 0.05) is 5.57 Å². The van der Waals surface area contributed by atoms with Gasteiger partial charge in [-0.3, -0.25) is 4.79 Å². The molecule has 4 nitrogen and oxygen atoms in total. The van der Waals surface area contributed by atoms with Crippen molar-refractivity contribution in [1.82, 2.24) is 0 Å². The van der Waals surface area contributed by atoms with E-state index in [-0.39, 0.29) is 12.2 Å². The molecule has 2 unspecified atom stereocenters. The Bertz CT molecular complexity index is 198. The maximum atomic E-state index is 10.6. The van der Waals surface area contributed by atoms with Gasteiger partial charge in [-0.2, -0.15) is 0 Å². The van der Waals surface area contributed by atoms with Gasteiger partial charge in [-0.15, -0.1) is 0 Å². The van der Waals surface area contributed by atoms with Crippen LogP contribution in [0.25, 0.3) is 0 Å². The molecule has 0 saturated carbocycles. The summed E-state index contributed by atoms with van der Waals surface area (Å²) in [6.07, 6.45) is -0.111. The smallest absolute Gasteiger partial charge is 0.246 e. The number of primary amides is 1. The first-order valence-corrected chi connectivity index (χ1v) is 3.83. The van der Waals surface area contributed by atoms with Crippen molar-refractivity contribution in [2.75, 3.05) is 13.2 Å². The number of carbonyl (C=O) groups is 1. The van der Waals surface area contributed by atoms with Crippen molar-refractivity contribution in [2.24, 2.45) is 5.73 Å². The highest BCUT2D eigenvalue weighted by Gasteiger charge is 2.24. The van der Waals surface area contributed by atoms with Crippen LogP contribution in [0.4, 0.5) is 0 Å². The van der Waals surface area contributed by atoms with Crippen molar-refractivity contribution >= 4 is 5.91 Å². The Hall–Kier alpha value is -0.870. The zero-order valence-electron chi connectivity index (χ0n) is 7.08. The number of nitrogens with two attached hydrogens (primary N) is 1. The SMILES string of the molecule is C=C(C(N)=O)C(C)OCC1CO1. The molecule has 1 fully saturated rings. The molecule has 1 aliphatic rings. The van der Waals surface area contributed by atoms with Gasteiger partial charge in [0.2, 0.25) is 5.91 Å². The fourth-order valence-electron chi connectivity index (χ4n) is 0.717. The minimum atomic E-state index is -0.515. The van der Waals surface area contributed by atoms with Gasteiger partial charge >= 0.3 is 0 Å². The quantitative estimate of drug-likeness (QED) is 0.461. The maximum absolute atomic E-state index is 10.6. The Labute approximate surface area is 71.3 Å². The lowest BCUT2D eigenvalue weighted by Gasteiger charge is -2.11. The summed E-state index contributed by atoms with van der Waals surface area (Å²) in [5.41, 5.74) is 5.31. The second kappa shape index (κ2) is 3.69. The van der Waals surface area contributed by atoms with Crippen LogP contribution in [0.15, 0.2) is 12.2 Å². The summed E-state index contributed by atoms with van der Waals surface area (Å²) in [5, 5.41) is 0. The normalized spacial score (nSPS) is 23.2. The monoisotopic (exact) mass is 171 g/mol. The van der Waals surface area contributed by atoms with Gasteiger partial charge < -0.3 is 15.2 Å². The van der Waals surface area contributed by atoms with E-state index in [9.17, 15) is 4.79 Å². The highest BCUT2D eigenvalue weighted by Crippen LogP contribution is 2.12. The third-order valence-electron chi connectivity index (χ3n) is 1.74. The van der Waals surface area contributed by atoms with Crippen LogP contribution in [0.2, 0.25) is 0 Å². The summed E-state index contributed by atoms with van der Waals surface area (Å²) in [7, 11) is 0. The Morgan fingerprint density at radius 1 is 1.92 bits per heavy atom. The summed E-state index contributed by atoms with van der Waals surface area (Å²) in [4.78, 5) is 10.6. The van der Waals surface area contributed by atoms with Crippen LogP contribution in [-0.2, 0) is 14.3 Å². The summed E-state index contributed by atoms with van der Waals surface area (Å²) in [5.74, 6) is -0.515. The Morgan fingerprint density at radius 2 is 2.50 bits per heavy atom. The number of ether oxygens (including phenoxy) is 2. The van der Waals surface area contributed by atoms with E-state index in [1.165, 1.54) is 0 Å². The molecule has 0 aromatic carbocycles. The van der Waals surface area contributed by atoms with Crippen molar-refractivity contribution in [3.05, 3.63) is 12.2 Å². The van der Waals surface area contributed by atoms with E-state index < -0.39 is 5.91 Å². The van der Waals surface area contributed by atoms with Crippen molar-refractivity contribution in [3.63, 3.8) is 0 Å². The molecule has 68 valence electrons. The summed E-state index contributed by atoms with van der Waals surface area (Å²) in [6, 6.07) is 0. The lowest BCUT2D eigenvalue weighted by atomic mass is 10.2. The molecule has 2 atom stereocenters. The van der Waals surface area contributed by atoms with Gasteiger partial charge in [-0.25, -0.2) is 0 Å². The standard InChI is InChI=1S/C8H13NO3/c1-5(8(9)10)6(2)11-3-7-4-12-7/h6-7H,1,3-4H2,2H3,(H2,9,10). The Kier molecular flexibility index (Phi) is 2.83. The van der Waals surface area contributed by atoms with E-state index in [1.807, 2.05) is 0 Å². The first-order chi connectivity index (χ1) is 5.61. The van der Waals surface area contributed by atoms with Crippen LogP contribution >= 0.6 is 0 Å². The van der Waals surface area contributed by atoms with Gasteiger partial charge in [0.1, 0.15) is 6.10 Å². The molecule has 1 rings (SSSR count). The fourth-order valence-corrected chi connectivity index (χ4v) is 0.717. The molecule has 1 heterocycles. The molecule has 0 aromatic rings. The van der Waals surface area contributed by atoms with Crippen LogP contribution in [0.1, 0.15) is 6.92 Å². The number of carbonyl (C=O) groups excluding carboxylic acids is 1. The van der Waals surface area contributed by atoms with E-state index in [0.29, 0.717) is 12.2 Å². The van der Waals surface area contributed by atoms with Crippen molar-refractivity contribution in [2.45, 2.75) is 19.1 Å². The van der Waals surface area contributed by atoms with E-state index in [2.05, 4.69) is 6.58 Å². The van der Waals surface area contributed by atoms with Crippen molar-refractivity contribution in [1.29, 1.82) is 0 Å². The summed E-state index contributed by atoms with van der Waals surface area (Å²) >= 11 is 0. The predicted octanol–water partition coefficient (Wildman–Crippen LogP) is -0.168. The average Bonchev–Trinajstić information content (AvgIpc) is 2.81. The number of amides is 1. The molecule has 1 saturated heterocycles. The summed E-state index contributed by atoms with van der Waals surface area (Å²) < 4.78 is 10.2. The molecular weight excluding hydrogens is 158 g/mol. The highest BCUT2D eigenvalue weighted by molar-refractivity contribution is 5.92. The highest BCUT2D eigenvalue weighted by atomic mass is 16.6. The van der Waals surface area contributed by atoms with Crippen LogP contribution in [0, 0.1) is 0 Å². The lowest BCUT2D eigenvalue weighted by molar-refractivity contribution is -0.115. The third-order valence-corrected chi connectivity index (χ3v) is 1.74. The number of hydrogen-bond donors (Lipinski definition) is 1. The minimum absolute atomic E-state index is 0.202. The minimum Gasteiger partial charge on any atom is -0.371 e. The molecule has 2 N–H and O–H groups in total. The molecule has 12 heavy (non-hydrogen) atoms.